The molecule has 13 heavy (non-hydrogen) atoms. The van der Waals surface area contributed by atoms with Gasteiger partial charge in [0.05, 0.1) is 0 Å². The highest BCUT2D eigenvalue weighted by molar-refractivity contribution is 7.76. The van der Waals surface area contributed by atoms with Gasteiger partial charge in [-0.05, 0) is 18.3 Å². The second-order valence-corrected chi connectivity index (χ2v) is 4.51. The fourth-order valence-corrected chi connectivity index (χ4v) is 1.51. The molecule has 0 heterocycles. The maximum Gasteiger partial charge on any atom is 0.0152 e. The minimum Gasteiger partial charge on any atom is -0.760 e. The zero-order chi connectivity index (χ0) is 9.61. The van der Waals surface area contributed by atoms with Crippen LogP contribution in [-0.2, 0) is 11.3 Å². The molecule has 1 unspecified atom stereocenters. The third-order valence-corrected chi connectivity index (χ3v) is 2.21. The van der Waals surface area contributed by atoms with Gasteiger partial charge in [-0.3, -0.25) is 9.35 Å². The van der Waals surface area contributed by atoms with Crippen molar-refractivity contribution in [2.45, 2.75) is 46.0 Å². The van der Waals surface area contributed by atoms with E-state index < -0.39 is 11.3 Å². The van der Waals surface area contributed by atoms with Crippen molar-refractivity contribution in [3.05, 3.63) is 0 Å². The first-order valence-electron chi connectivity index (χ1n) is 4.28. The molecule has 0 saturated heterocycles. The Labute approximate surface area is 89.3 Å². The summed E-state index contributed by atoms with van der Waals surface area (Å²) in [7, 11) is 0. The van der Waals surface area contributed by atoms with Crippen molar-refractivity contribution in [2.75, 3.05) is 0 Å². The quantitative estimate of drug-likeness (QED) is 0.646. The van der Waals surface area contributed by atoms with E-state index in [0.717, 1.165) is 0 Å². The molecule has 2 N–H and O–H groups in total. The molecular formula is C8H19ClNO2S-. The zero-order valence-corrected chi connectivity index (χ0v) is 9.88. The number of nitrogens with two attached hydrogens (primary N) is 1. The van der Waals surface area contributed by atoms with Crippen molar-refractivity contribution in [2.24, 2.45) is 10.6 Å². The monoisotopic (exact) mass is 228 g/mol. The van der Waals surface area contributed by atoms with E-state index in [9.17, 15) is 0 Å². The summed E-state index contributed by atoms with van der Waals surface area (Å²) >= 11 is -2.36. The van der Waals surface area contributed by atoms with Gasteiger partial charge in [0.2, 0.25) is 0 Å². The lowest BCUT2D eigenvalue weighted by atomic mass is 9.78. The third kappa shape index (κ3) is 12.4. The average Bonchev–Trinajstić information content (AvgIpc) is 1.85. The lowest BCUT2D eigenvalue weighted by molar-refractivity contribution is 0.244. The van der Waals surface area contributed by atoms with Gasteiger partial charge in [0, 0.05) is 11.3 Å². The summed E-state index contributed by atoms with van der Waals surface area (Å²) in [6.07, 6.45) is 7.31. The fourth-order valence-electron chi connectivity index (χ4n) is 1.51. The Morgan fingerprint density at radius 2 is 1.54 bits per heavy atom. The van der Waals surface area contributed by atoms with Crippen molar-refractivity contribution < 1.29 is 8.76 Å². The summed E-state index contributed by atoms with van der Waals surface area (Å²) < 4.78 is 17.6. The van der Waals surface area contributed by atoms with E-state index >= 15 is 0 Å². The van der Waals surface area contributed by atoms with Crippen molar-refractivity contribution in [1.82, 2.24) is 0 Å². The molecule has 1 rings (SSSR count). The maximum absolute atomic E-state index is 8.78. The van der Waals surface area contributed by atoms with Crippen LogP contribution in [0.3, 0.4) is 0 Å². The van der Waals surface area contributed by atoms with Crippen LogP contribution in [0.15, 0.2) is 0 Å². The first-order valence-corrected chi connectivity index (χ1v) is 5.41. The fraction of sp³-hybridized carbons (Fsp3) is 1.00. The van der Waals surface area contributed by atoms with Crippen LogP contribution < -0.4 is 5.14 Å². The molecule has 0 spiro atoms. The van der Waals surface area contributed by atoms with Gasteiger partial charge in [-0.2, -0.15) is 0 Å². The van der Waals surface area contributed by atoms with Crippen LogP contribution in [0.5, 0.6) is 0 Å². The molecule has 0 aromatic carbocycles. The molecule has 82 valence electrons. The first kappa shape index (κ1) is 15.8. The minimum absolute atomic E-state index is 0. The summed E-state index contributed by atoms with van der Waals surface area (Å²) in [5.41, 5.74) is 0.679. The number of hydrogen-bond acceptors (Lipinski definition) is 2. The molecule has 5 heteroatoms. The number of halogens is 1. The molecule has 0 radical (unpaired) electrons. The second kappa shape index (κ2) is 7.74. The molecular weight excluding hydrogens is 210 g/mol. The minimum atomic E-state index is -2.36. The Morgan fingerprint density at radius 1 is 1.23 bits per heavy atom. The van der Waals surface area contributed by atoms with Gasteiger partial charge in [-0.1, -0.05) is 33.1 Å². The first-order chi connectivity index (χ1) is 5.44. The molecule has 1 aliphatic carbocycles. The van der Waals surface area contributed by atoms with Crippen LogP contribution in [0.4, 0.5) is 0 Å². The van der Waals surface area contributed by atoms with Gasteiger partial charge in [-0.15, -0.1) is 12.4 Å². The molecule has 3 nitrogen and oxygen atoms in total. The topological polar surface area (TPSA) is 66.2 Å². The Morgan fingerprint density at radius 3 is 1.69 bits per heavy atom. The Balaban J connectivity index is 0. The molecule has 1 atom stereocenters. The molecule has 1 fully saturated rings. The van der Waals surface area contributed by atoms with E-state index in [1.807, 2.05) is 0 Å². The van der Waals surface area contributed by atoms with E-state index in [1.165, 1.54) is 32.1 Å². The molecule has 0 bridgehead atoms. The van der Waals surface area contributed by atoms with Gasteiger partial charge in [-0.25, -0.2) is 0 Å². The standard InChI is InChI=1S/C8H16.ClH.H3NO2S/c1-8(2)6-4-3-5-7-8;;1-4(2)3/h3-7H2,1-2H3;1H;1H2,(H,2,3)/p-1. The number of rotatable bonds is 0. The summed E-state index contributed by atoms with van der Waals surface area (Å²) in [4.78, 5) is 0. The largest absolute Gasteiger partial charge is 0.760 e. The summed E-state index contributed by atoms with van der Waals surface area (Å²) in [6, 6.07) is 0. The summed E-state index contributed by atoms with van der Waals surface area (Å²) in [6.45, 7) is 4.76. The predicted molar refractivity (Wildman–Crippen MR) is 57.2 cm³/mol. The Kier molecular flexibility index (Phi) is 9.41. The van der Waals surface area contributed by atoms with Crippen LogP contribution in [-0.4, -0.2) is 8.76 Å². The molecule has 0 amide bonds. The predicted octanol–water partition coefficient (Wildman–Crippen LogP) is 2.14. The van der Waals surface area contributed by atoms with E-state index in [1.54, 1.807) is 0 Å². The van der Waals surface area contributed by atoms with Crippen LogP contribution in [0, 0.1) is 5.41 Å². The normalized spacial score (nSPS) is 21.8. The average molecular weight is 229 g/mol. The summed E-state index contributed by atoms with van der Waals surface area (Å²) in [5, 5.41) is 4.03. The van der Waals surface area contributed by atoms with Crippen molar-refractivity contribution in [3.8, 4) is 0 Å². The molecule has 0 aromatic heterocycles. The van der Waals surface area contributed by atoms with E-state index in [2.05, 4.69) is 19.0 Å². The van der Waals surface area contributed by atoms with E-state index in [4.69, 9.17) is 8.76 Å². The van der Waals surface area contributed by atoms with Crippen molar-refractivity contribution in [1.29, 1.82) is 0 Å². The lowest BCUT2D eigenvalue weighted by Crippen LogP contribution is -2.14. The summed E-state index contributed by atoms with van der Waals surface area (Å²) in [5.74, 6) is 0. The van der Waals surface area contributed by atoms with Gasteiger partial charge < -0.3 is 4.55 Å². The Hall–Kier alpha value is 0.360. The zero-order valence-electron chi connectivity index (χ0n) is 8.25. The lowest BCUT2D eigenvalue weighted by Gasteiger charge is -2.28. The number of hydrogen-bond donors (Lipinski definition) is 1. The highest BCUT2D eigenvalue weighted by Gasteiger charge is 2.19. The highest BCUT2D eigenvalue weighted by Crippen LogP contribution is 2.34. The van der Waals surface area contributed by atoms with E-state index in [-0.39, 0.29) is 12.4 Å². The van der Waals surface area contributed by atoms with Gasteiger partial charge in [0.1, 0.15) is 0 Å². The molecule has 1 saturated carbocycles. The van der Waals surface area contributed by atoms with Crippen LogP contribution in [0.25, 0.3) is 0 Å². The molecule has 1 aliphatic rings. The van der Waals surface area contributed by atoms with Gasteiger partial charge >= 0.3 is 0 Å². The van der Waals surface area contributed by atoms with E-state index in [0.29, 0.717) is 5.41 Å². The van der Waals surface area contributed by atoms with Gasteiger partial charge in [0.15, 0.2) is 0 Å². The highest BCUT2D eigenvalue weighted by atomic mass is 35.5. The SMILES string of the molecule is CC1(C)CCCCC1.Cl.NS(=O)[O-]. The van der Waals surface area contributed by atoms with Crippen molar-refractivity contribution in [3.63, 3.8) is 0 Å². The van der Waals surface area contributed by atoms with Crippen molar-refractivity contribution >= 4 is 23.7 Å². The second-order valence-electron chi connectivity index (χ2n) is 3.99. The van der Waals surface area contributed by atoms with Gasteiger partial charge in [0.25, 0.3) is 0 Å². The van der Waals surface area contributed by atoms with Crippen LogP contribution >= 0.6 is 12.4 Å². The third-order valence-electron chi connectivity index (χ3n) is 2.21. The molecule has 0 aromatic rings. The van der Waals surface area contributed by atoms with Crippen LogP contribution in [0.2, 0.25) is 0 Å². The molecule has 0 aliphatic heterocycles. The Bertz CT molecular complexity index is 141. The maximum atomic E-state index is 8.78. The smallest absolute Gasteiger partial charge is 0.0152 e. The van der Waals surface area contributed by atoms with Crippen LogP contribution in [0.1, 0.15) is 46.0 Å².